The molecule has 0 amide bonds. The minimum atomic E-state index is -4.67. The zero-order chi connectivity index (χ0) is 4.50. The monoisotopic (exact) mass is 298 g/mol. The van der Waals surface area contributed by atoms with Crippen LogP contribution in [0.15, 0.2) is 0 Å². The average Bonchev–Trinajstić information content (AvgIpc) is 0.722. The zero-order valence-corrected chi connectivity index (χ0v) is 8.34. The van der Waals surface area contributed by atoms with Gasteiger partial charge < -0.3 is 2.85 Å². The maximum absolute atomic E-state index is 8.74. The summed E-state index contributed by atoms with van der Waals surface area (Å²) in [6.45, 7) is 0. The topological polar surface area (TPSA) is 74.6 Å². The van der Waals surface area contributed by atoms with Crippen LogP contribution in [0.3, 0.4) is 0 Å². The Morgan fingerprint density at radius 1 is 1.11 bits per heavy atom. The molecule has 0 saturated heterocycles. The molecular formula is H8CaCu2O4SSi. The minimum absolute atomic E-state index is 0. The van der Waals surface area contributed by atoms with Gasteiger partial charge in [0, 0.05) is 34.1 Å². The van der Waals surface area contributed by atoms with E-state index in [1.165, 1.54) is 0 Å². The van der Waals surface area contributed by atoms with E-state index in [0.29, 0.717) is 0 Å². The number of hydrogen-bond acceptors (Lipinski definition) is 2. The van der Waals surface area contributed by atoms with E-state index in [2.05, 4.69) is 0 Å². The normalized spacial score (nSPS) is 6.44. The SMILES string of the molecule is O=S(=O)(O)O.[Ca+2].[Cu].[Cu].[H-].[H-].[SiH4]. The first-order chi connectivity index (χ1) is 2.00. The molecule has 0 heterocycles. The molecule has 0 aliphatic carbocycles. The second-order valence-electron chi connectivity index (χ2n) is 0.448. The minimum Gasteiger partial charge on any atom is -1.00 e. The van der Waals surface area contributed by atoms with Gasteiger partial charge in [0.2, 0.25) is 0 Å². The summed E-state index contributed by atoms with van der Waals surface area (Å²) in [6, 6.07) is 0. The van der Waals surface area contributed by atoms with E-state index in [-0.39, 0.29) is 85.7 Å². The molecule has 4 nitrogen and oxygen atoms in total. The molecular weight excluding hydrogens is 291 g/mol. The summed E-state index contributed by atoms with van der Waals surface area (Å²) in [4.78, 5) is 0. The van der Waals surface area contributed by atoms with E-state index >= 15 is 0 Å². The van der Waals surface area contributed by atoms with Crippen molar-refractivity contribution in [1.29, 1.82) is 0 Å². The van der Waals surface area contributed by atoms with E-state index < -0.39 is 10.4 Å². The third-order valence-electron chi connectivity index (χ3n) is 0. The van der Waals surface area contributed by atoms with Crippen molar-refractivity contribution in [2.45, 2.75) is 0 Å². The first kappa shape index (κ1) is 30.1. The summed E-state index contributed by atoms with van der Waals surface area (Å²) in [5.74, 6) is 0. The number of hydrogen-bond donors (Lipinski definition) is 2. The summed E-state index contributed by atoms with van der Waals surface area (Å²) >= 11 is 0. The largest absolute Gasteiger partial charge is 2.00 e. The maximum Gasteiger partial charge on any atom is 2.00 e. The van der Waals surface area contributed by atoms with Gasteiger partial charge >= 0.3 is 48.1 Å². The summed E-state index contributed by atoms with van der Waals surface area (Å²) in [5, 5.41) is 0. The van der Waals surface area contributed by atoms with Crippen molar-refractivity contribution in [3.05, 3.63) is 0 Å². The predicted octanol–water partition coefficient (Wildman–Crippen LogP) is -2.27. The summed E-state index contributed by atoms with van der Waals surface area (Å²) in [7, 11) is -4.67. The third-order valence-corrected chi connectivity index (χ3v) is 0. The van der Waals surface area contributed by atoms with Gasteiger partial charge in [-0.05, 0) is 11.0 Å². The Morgan fingerprint density at radius 3 is 1.11 bits per heavy atom. The van der Waals surface area contributed by atoms with Crippen LogP contribution in [0.4, 0.5) is 0 Å². The average molecular weight is 299 g/mol. The van der Waals surface area contributed by atoms with Gasteiger partial charge in [-0.15, -0.1) is 0 Å². The Labute approximate surface area is 112 Å². The van der Waals surface area contributed by atoms with Gasteiger partial charge in [-0.2, -0.15) is 8.42 Å². The first-order valence-corrected chi connectivity index (χ1v) is 2.10. The molecule has 0 atom stereocenters. The fourth-order valence-electron chi connectivity index (χ4n) is 0. The Balaban J connectivity index is -0.00000000533. The quantitative estimate of drug-likeness (QED) is 0.391. The molecule has 0 aromatic rings. The molecule has 0 rings (SSSR count). The van der Waals surface area contributed by atoms with E-state index in [4.69, 9.17) is 17.5 Å². The van der Waals surface area contributed by atoms with Crippen LogP contribution in [0.2, 0.25) is 0 Å². The van der Waals surface area contributed by atoms with Crippen molar-refractivity contribution in [2.24, 2.45) is 0 Å². The molecule has 0 aliphatic heterocycles. The van der Waals surface area contributed by atoms with E-state index in [0.717, 1.165) is 0 Å². The molecule has 0 aromatic heterocycles. The molecule has 9 heteroatoms. The summed E-state index contributed by atoms with van der Waals surface area (Å²) < 4.78 is 31.6. The van der Waals surface area contributed by atoms with Crippen LogP contribution in [0, 0.1) is 0 Å². The van der Waals surface area contributed by atoms with Gasteiger partial charge in [-0.25, -0.2) is 0 Å². The van der Waals surface area contributed by atoms with Crippen LogP contribution in [0.5, 0.6) is 0 Å². The fourth-order valence-corrected chi connectivity index (χ4v) is 0. The summed E-state index contributed by atoms with van der Waals surface area (Å²) in [6.07, 6.45) is 0. The molecule has 2 N–H and O–H groups in total. The van der Waals surface area contributed by atoms with Crippen molar-refractivity contribution in [3.8, 4) is 0 Å². The van der Waals surface area contributed by atoms with Gasteiger partial charge in [0.05, 0.1) is 0 Å². The molecule has 0 aliphatic rings. The Kier molecular flexibility index (Phi) is 43.5. The van der Waals surface area contributed by atoms with E-state index in [9.17, 15) is 0 Å². The maximum atomic E-state index is 8.74. The number of rotatable bonds is 0. The van der Waals surface area contributed by atoms with Gasteiger partial charge in [0.25, 0.3) is 0 Å². The fraction of sp³-hybridized carbons (Fsp3) is 0. The standard InChI is InChI=1S/Ca.2Cu.H2O4S.H4Si.2H/c;;;1-5(2,3)4;;;/h;;;(H2,1,2,3,4);1H4;;/q+2;;;;;2*-1. The molecule has 0 aromatic carbocycles. The van der Waals surface area contributed by atoms with Gasteiger partial charge in [0.1, 0.15) is 0 Å². The van der Waals surface area contributed by atoms with Crippen molar-refractivity contribution in [3.63, 3.8) is 0 Å². The van der Waals surface area contributed by atoms with Gasteiger partial charge in [-0.3, -0.25) is 9.11 Å². The molecule has 0 fully saturated rings. The van der Waals surface area contributed by atoms with Crippen LogP contribution in [-0.4, -0.2) is 66.2 Å². The van der Waals surface area contributed by atoms with Crippen LogP contribution < -0.4 is 0 Å². The molecule has 0 unspecified atom stereocenters. The Bertz CT molecular complexity index is 109. The van der Waals surface area contributed by atoms with Crippen LogP contribution in [-0.2, 0) is 44.5 Å². The molecule has 9 heavy (non-hydrogen) atoms. The smallest absolute Gasteiger partial charge is 1.00 e. The van der Waals surface area contributed by atoms with E-state index in [1.54, 1.807) is 0 Å². The van der Waals surface area contributed by atoms with Crippen molar-refractivity contribution < 1.29 is 54.5 Å². The second-order valence-corrected chi connectivity index (χ2v) is 1.34. The van der Waals surface area contributed by atoms with Gasteiger partial charge in [-0.1, -0.05) is 0 Å². The predicted molar refractivity (Wildman–Crippen MR) is 33.5 cm³/mol. The van der Waals surface area contributed by atoms with Gasteiger partial charge in [0.15, 0.2) is 0 Å². The molecule has 0 spiro atoms. The van der Waals surface area contributed by atoms with Crippen LogP contribution in [0.1, 0.15) is 2.85 Å². The van der Waals surface area contributed by atoms with E-state index in [1.807, 2.05) is 0 Å². The van der Waals surface area contributed by atoms with Crippen LogP contribution in [0.25, 0.3) is 0 Å². The third kappa shape index (κ3) is 128. The van der Waals surface area contributed by atoms with Crippen molar-refractivity contribution >= 4 is 59.1 Å². The Morgan fingerprint density at radius 2 is 1.11 bits per heavy atom. The Hall–Kier alpha value is 2.39. The molecule has 66 valence electrons. The van der Waals surface area contributed by atoms with Crippen molar-refractivity contribution in [1.82, 2.24) is 0 Å². The first-order valence-electron chi connectivity index (χ1n) is 0.698. The van der Waals surface area contributed by atoms with Crippen LogP contribution >= 0.6 is 0 Å². The molecule has 2 radical (unpaired) electrons. The molecule has 0 saturated carbocycles. The second kappa shape index (κ2) is 13.0. The summed E-state index contributed by atoms with van der Waals surface area (Å²) in [5.41, 5.74) is 0. The zero-order valence-electron chi connectivity index (χ0n) is 5.43. The van der Waals surface area contributed by atoms with Crippen molar-refractivity contribution in [2.75, 3.05) is 0 Å². The molecule has 0 bridgehead atoms.